The van der Waals surface area contributed by atoms with Crippen LogP contribution in [-0.2, 0) is 7.05 Å². The van der Waals surface area contributed by atoms with Gasteiger partial charge in [0.25, 0.3) is 5.91 Å². The maximum Gasteiger partial charge on any atom is 0.274 e. The summed E-state index contributed by atoms with van der Waals surface area (Å²) in [6.45, 7) is 8.01. The number of hydrogen-bond donors (Lipinski definition) is 0. The molecule has 1 aromatic heterocycles. The molecule has 134 valence electrons. The minimum Gasteiger partial charge on any atom is -0.336 e. The third kappa shape index (κ3) is 3.80. The van der Waals surface area contributed by atoms with Crippen molar-refractivity contribution in [2.45, 2.75) is 26.3 Å². The van der Waals surface area contributed by atoms with Gasteiger partial charge in [-0.3, -0.25) is 14.4 Å². The Morgan fingerprint density at radius 2 is 2.08 bits per heavy atom. The minimum absolute atomic E-state index is 0.0338. The number of likely N-dealkylation sites (tertiary alicyclic amines) is 1. The summed E-state index contributed by atoms with van der Waals surface area (Å²) in [5, 5.41) is 4.47. The fourth-order valence-electron chi connectivity index (χ4n) is 3.62. The molecule has 6 heteroatoms. The summed E-state index contributed by atoms with van der Waals surface area (Å²) in [4.78, 5) is 17.2. The Morgan fingerprint density at radius 3 is 2.76 bits per heavy atom. The van der Waals surface area contributed by atoms with Crippen LogP contribution < -0.4 is 0 Å². The second-order valence-corrected chi connectivity index (χ2v) is 7.38. The van der Waals surface area contributed by atoms with Crippen LogP contribution in [0, 0.1) is 0 Å². The zero-order valence-corrected chi connectivity index (χ0v) is 16.7. The Balaban J connectivity index is 1.77. The molecule has 2 heterocycles. The van der Waals surface area contributed by atoms with E-state index in [0.717, 1.165) is 48.3 Å². The Bertz CT molecular complexity index is 754. The van der Waals surface area contributed by atoms with E-state index in [1.165, 1.54) is 0 Å². The Morgan fingerprint density at radius 1 is 1.32 bits per heavy atom. The lowest BCUT2D eigenvalue weighted by Crippen LogP contribution is -2.38. The first-order valence-electron chi connectivity index (χ1n) is 8.86. The highest BCUT2D eigenvalue weighted by Gasteiger charge is 2.31. The first kappa shape index (κ1) is 18.1. The molecule has 0 spiro atoms. The smallest absolute Gasteiger partial charge is 0.274 e. The third-order valence-electron chi connectivity index (χ3n) is 5.00. The molecule has 1 aliphatic rings. The van der Waals surface area contributed by atoms with Gasteiger partial charge < -0.3 is 4.90 Å². The van der Waals surface area contributed by atoms with Crippen molar-refractivity contribution in [3.05, 3.63) is 40.5 Å². The molecule has 1 fully saturated rings. The van der Waals surface area contributed by atoms with E-state index in [1.54, 1.807) is 4.68 Å². The van der Waals surface area contributed by atoms with Gasteiger partial charge in [0.2, 0.25) is 0 Å². The van der Waals surface area contributed by atoms with E-state index in [4.69, 9.17) is 0 Å². The molecular formula is C19H25BrN4O. The first-order valence-corrected chi connectivity index (χ1v) is 9.66. The number of likely N-dealkylation sites (N-methyl/N-ethyl adjacent to an activating group) is 1. The third-order valence-corrected chi connectivity index (χ3v) is 5.49. The summed E-state index contributed by atoms with van der Waals surface area (Å²) in [5.74, 6) is 0.0338. The molecule has 25 heavy (non-hydrogen) atoms. The van der Waals surface area contributed by atoms with Gasteiger partial charge in [-0.15, -0.1) is 0 Å². The fraction of sp³-hybridized carbons (Fsp3) is 0.474. The van der Waals surface area contributed by atoms with Crippen molar-refractivity contribution < 1.29 is 4.79 Å². The van der Waals surface area contributed by atoms with Gasteiger partial charge in [0.1, 0.15) is 0 Å². The Kier molecular flexibility index (Phi) is 5.59. The van der Waals surface area contributed by atoms with Crippen LogP contribution in [0.15, 0.2) is 34.8 Å². The van der Waals surface area contributed by atoms with Crippen molar-refractivity contribution in [2.75, 3.05) is 26.2 Å². The van der Waals surface area contributed by atoms with Crippen molar-refractivity contribution in [2.24, 2.45) is 7.05 Å². The lowest BCUT2D eigenvalue weighted by Gasteiger charge is -2.25. The van der Waals surface area contributed by atoms with Crippen LogP contribution in [0.3, 0.4) is 0 Å². The van der Waals surface area contributed by atoms with Crippen LogP contribution in [0.2, 0.25) is 0 Å². The number of nitrogens with zero attached hydrogens (tertiary/aromatic N) is 4. The van der Waals surface area contributed by atoms with Crippen molar-refractivity contribution in [1.29, 1.82) is 0 Å². The van der Waals surface area contributed by atoms with Gasteiger partial charge in [0.15, 0.2) is 5.69 Å². The van der Waals surface area contributed by atoms with Crippen molar-refractivity contribution in [3.8, 4) is 11.3 Å². The average Bonchev–Trinajstić information content (AvgIpc) is 3.23. The summed E-state index contributed by atoms with van der Waals surface area (Å²) in [6, 6.07) is 10.4. The molecule has 0 bridgehead atoms. The van der Waals surface area contributed by atoms with E-state index in [9.17, 15) is 4.79 Å². The second-order valence-electron chi connectivity index (χ2n) is 6.46. The highest BCUT2D eigenvalue weighted by molar-refractivity contribution is 9.10. The maximum atomic E-state index is 12.9. The number of amides is 1. The van der Waals surface area contributed by atoms with Crippen LogP contribution in [0.4, 0.5) is 0 Å². The standard InChI is InChI=1S/C19H25BrN4O/c1-4-23(5-2)16-9-10-24(13-16)19(25)17-12-18(22(3)21-17)14-7-6-8-15(20)11-14/h6-8,11-12,16H,4-5,9-10,13H2,1-3H3. The van der Waals surface area contributed by atoms with Gasteiger partial charge in [0, 0.05) is 36.2 Å². The SMILES string of the molecule is CCN(CC)C1CCN(C(=O)c2cc(-c3cccc(Br)c3)n(C)n2)C1. The summed E-state index contributed by atoms with van der Waals surface area (Å²) in [7, 11) is 1.88. The van der Waals surface area contributed by atoms with Crippen LogP contribution >= 0.6 is 15.9 Å². The molecule has 1 aromatic carbocycles. The molecule has 5 nitrogen and oxygen atoms in total. The monoisotopic (exact) mass is 404 g/mol. The molecule has 0 aliphatic carbocycles. The van der Waals surface area contributed by atoms with Crippen LogP contribution in [0.1, 0.15) is 30.8 Å². The molecule has 2 aromatic rings. The highest BCUT2D eigenvalue weighted by atomic mass is 79.9. The zero-order chi connectivity index (χ0) is 18.0. The van der Waals surface area contributed by atoms with E-state index in [0.29, 0.717) is 11.7 Å². The largest absolute Gasteiger partial charge is 0.336 e. The molecule has 0 radical (unpaired) electrons. The highest BCUT2D eigenvalue weighted by Crippen LogP contribution is 2.25. The summed E-state index contributed by atoms with van der Waals surface area (Å²) in [5.41, 5.74) is 2.52. The number of benzene rings is 1. The summed E-state index contributed by atoms with van der Waals surface area (Å²) < 4.78 is 2.80. The quantitative estimate of drug-likeness (QED) is 0.766. The van der Waals surface area contributed by atoms with Gasteiger partial charge in [-0.1, -0.05) is 41.9 Å². The van der Waals surface area contributed by atoms with Crippen LogP contribution in [-0.4, -0.2) is 57.7 Å². The predicted molar refractivity (Wildman–Crippen MR) is 104 cm³/mol. The molecule has 3 rings (SSSR count). The molecule has 1 unspecified atom stereocenters. The van der Waals surface area contributed by atoms with Gasteiger partial charge in [-0.05, 0) is 37.7 Å². The normalized spacial score (nSPS) is 17.5. The molecule has 1 saturated heterocycles. The number of aryl methyl sites for hydroxylation is 1. The molecule has 1 amide bonds. The number of hydrogen-bond acceptors (Lipinski definition) is 3. The topological polar surface area (TPSA) is 41.4 Å². The van der Waals surface area contributed by atoms with Crippen LogP contribution in [0.5, 0.6) is 0 Å². The van der Waals surface area contributed by atoms with Gasteiger partial charge in [0.05, 0.1) is 5.69 Å². The molecule has 1 aliphatic heterocycles. The van der Waals surface area contributed by atoms with Crippen LogP contribution in [0.25, 0.3) is 11.3 Å². The fourth-order valence-corrected chi connectivity index (χ4v) is 4.02. The van der Waals surface area contributed by atoms with Crippen molar-refractivity contribution in [1.82, 2.24) is 19.6 Å². The number of rotatable bonds is 5. The van der Waals surface area contributed by atoms with E-state index < -0.39 is 0 Å². The van der Waals surface area contributed by atoms with Gasteiger partial charge >= 0.3 is 0 Å². The average molecular weight is 405 g/mol. The van der Waals surface area contributed by atoms with Crippen molar-refractivity contribution >= 4 is 21.8 Å². The minimum atomic E-state index is 0.0338. The predicted octanol–water partition coefficient (Wildman–Crippen LogP) is 3.41. The second kappa shape index (κ2) is 7.70. The maximum absolute atomic E-state index is 12.9. The lowest BCUT2D eigenvalue weighted by atomic mass is 10.1. The van der Waals surface area contributed by atoms with Gasteiger partial charge in [-0.2, -0.15) is 5.10 Å². The summed E-state index contributed by atoms with van der Waals surface area (Å²) in [6.07, 6.45) is 1.04. The molecule has 0 N–H and O–H groups in total. The number of aromatic nitrogens is 2. The van der Waals surface area contributed by atoms with E-state index >= 15 is 0 Å². The lowest BCUT2D eigenvalue weighted by molar-refractivity contribution is 0.0771. The zero-order valence-electron chi connectivity index (χ0n) is 15.1. The summed E-state index contributed by atoms with van der Waals surface area (Å²) >= 11 is 3.50. The Hall–Kier alpha value is -1.66. The van der Waals surface area contributed by atoms with E-state index in [-0.39, 0.29) is 5.91 Å². The van der Waals surface area contributed by atoms with E-state index in [2.05, 4.69) is 39.8 Å². The number of halogens is 1. The van der Waals surface area contributed by atoms with Crippen molar-refractivity contribution in [3.63, 3.8) is 0 Å². The molecule has 0 saturated carbocycles. The first-order chi connectivity index (χ1) is 12.0. The van der Waals surface area contributed by atoms with E-state index in [1.807, 2.05) is 42.3 Å². The van der Waals surface area contributed by atoms with Gasteiger partial charge in [-0.25, -0.2) is 0 Å². The molecular weight excluding hydrogens is 380 g/mol. The number of carbonyl (C=O) groups is 1. The Labute approximate surface area is 157 Å². The molecule has 1 atom stereocenters. The number of carbonyl (C=O) groups excluding carboxylic acids is 1.